The molecule has 1 saturated carbocycles. The smallest absolute Gasteiger partial charge is 0.271 e. The Hall–Kier alpha value is -3.08. The van der Waals surface area contributed by atoms with E-state index in [0.717, 1.165) is 42.1 Å². The van der Waals surface area contributed by atoms with Crippen molar-refractivity contribution in [3.8, 4) is 0 Å². The van der Waals surface area contributed by atoms with E-state index < -0.39 is 5.54 Å². The van der Waals surface area contributed by atoms with Gasteiger partial charge in [-0.15, -0.1) is 0 Å². The van der Waals surface area contributed by atoms with Gasteiger partial charge in [0, 0.05) is 23.5 Å². The Morgan fingerprint density at radius 2 is 1.77 bits per heavy atom. The number of fused-ring (bicyclic) bond motifs is 3. The van der Waals surface area contributed by atoms with E-state index in [4.69, 9.17) is 0 Å². The van der Waals surface area contributed by atoms with Gasteiger partial charge in [0.25, 0.3) is 5.91 Å². The van der Waals surface area contributed by atoms with Gasteiger partial charge in [-0.05, 0) is 37.5 Å². The molecule has 2 aromatic carbocycles. The van der Waals surface area contributed by atoms with Gasteiger partial charge in [0.2, 0.25) is 5.91 Å². The minimum atomic E-state index is -0.954. The first kappa shape index (κ1) is 18.9. The number of hydrogen-bond acceptors (Lipinski definition) is 2. The van der Waals surface area contributed by atoms with Crippen LogP contribution in [0.1, 0.15) is 48.7 Å². The summed E-state index contributed by atoms with van der Waals surface area (Å²) in [5.41, 5.74) is 1.72. The average Bonchev–Trinajstić information content (AvgIpc) is 3.40. The molecular weight excluding hydrogens is 374 g/mol. The van der Waals surface area contributed by atoms with Gasteiger partial charge in [-0.3, -0.25) is 9.59 Å². The second-order valence-electron chi connectivity index (χ2n) is 8.78. The number of hydrogen-bond donors (Lipinski definition) is 1. The summed E-state index contributed by atoms with van der Waals surface area (Å²) in [6, 6.07) is 20.1. The third-order valence-electron chi connectivity index (χ3n) is 6.70. The molecule has 0 radical (unpaired) electrons. The predicted molar refractivity (Wildman–Crippen MR) is 117 cm³/mol. The van der Waals surface area contributed by atoms with Crippen LogP contribution in [0, 0.1) is 0 Å². The molecule has 2 aliphatic rings. The monoisotopic (exact) mass is 401 g/mol. The van der Waals surface area contributed by atoms with Gasteiger partial charge in [0.1, 0.15) is 11.2 Å². The lowest BCUT2D eigenvalue weighted by atomic mass is 9.93. The van der Waals surface area contributed by atoms with Gasteiger partial charge < -0.3 is 14.8 Å². The highest BCUT2D eigenvalue weighted by Gasteiger charge is 2.48. The van der Waals surface area contributed by atoms with Crippen LogP contribution in [0.4, 0.5) is 0 Å². The molecule has 1 N–H and O–H groups in total. The van der Waals surface area contributed by atoms with Crippen LogP contribution in [-0.4, -0.2) is 32.9 Å². The molecule has 1 aromatic heterocycles. The zero-order chi connectivity index (χ0) is 20.7. The van der Waals surface area contributed by atoms with E-state index in [9.17, 15) is 9.59 Å². The Bertz CT molecular complexity index is 1100. The van der Waals surface area contributed by atoms with Crippen molar-refractivity contribution >= 4 is 22.7 Å². The third-order valence-corrected chi connectivity index (χ3v) is 6.70. The van der Waals surface area contributed by atoms with Crippen LogP contribution in [0.2, 0.25) is 0 Å². The maximum atomic E-state index is 13.7. The molecule has 2 amide bonds. The molecule has 0 saturated heterocycles. The summed E-state index contributed by atoms with van der Waals surface area (Å²) in [5.74, 6) is -0.146. The Balaban J connectivity index is 1.57. The van der Waals surface area contributed by atoms with Crippen molar-refractivity contribution in [3.05, 3.63) is 71.9 Å². The standard InChI is InChI=1S/C25H27N3O2/c1-25(24(30)26-20-12-6-7-13-20)17-27-21-14-8-5-11-19(21)15-22(27)23(29)28(25)16-18-9-3-2-4-10-18/h2-5,8-11,14-15,20H,6-7,12-13,16-17H2,1H3,(H,26,30)/t25-/m0/s1. The summed E-state index contributed by atoms with van der Waals surface area (Å²) in [4.78, 5) is 29.0. The minimum absolute atomic E-state index is 0.0536. The van der Waals surface area contributed by atoms with Crippen molar-refractivity contribution in [3.63, 3.8) is 0 Å². The number of nitrogens with one attached hydrogen (secondary N) is 1. The largest absolute Gasteiger partial charge is 0.351 e. The Morgan fingerprint density at radius 1 is 1.07 bits per heavy atom. The topological polar surface area (TPSA) is 54.3 Å². The van der Waals surface area contributed by atoms with Crippen LogP contribution in [0.3, 0.4) is 0 Å². The number of rotatable bonds is 4. The van der Waals surface area contributed by atoms with Crippen LogP contribution in [-0.2, 0) is 17.9 Å². The predicted octanol–water partition coefficient (Wildman–Crippen LogP) is 4.11. The van der Waals surface area contributed by atoms with E-state index in [2.05, 4.69) is 5.32 Å². The van der Waals surface area contributed by atoms with Gasteiger partial charge in [-0.1, -0.05) is 61.4 Å². The zero-order valence-electron chi connectivity index (χ0n) is 17.3. The van der Waals surface area contributed by atoms with Crippen molar-refractivity contribution in [2.75, 3.05) is 0 Å². The first-order valence-electron chi connectivity index (χ1n) is 10.8. The number of amides is 2. The Morgan fingerprint density at radius 3 is 2.53 bits per heavy atom. The number of benzene rings is 2. The normalized spacial score (nSPS) is 21.8. The number of para-hydroxylation sites is 1. The highest BCUT2D eigenvalue weighted by Crippen LogP contribution is 2.34. The van der Waals surface area contributed by atoms with E-state index >= 15 is 0 Å². The van der Waals surface area contributed by atoms with Crippen LogP contribution in [0.25, 0.3) is 10.9 Å². The van der Waals surface area contributed by atoms with Crippen molar-refractivity contribution in [1.82, 2.24) is 14.8 Å². The van der Waals surface area contributed by atoms with Crippen molar-refractivity contribution < 1.29 is 9.59 Å². The van der Waals surface area contributed by atoms with Crippen molar-refractivity contribution in [1.29, 1.82) is 0 Å². The maximum Gasteiger partial charge on any atom is 0.271 e. The molecule has 1 fully saturated rings. The molecule has 0 unspecified atom stereocenters. The van der Waals surface area contributed by atoms with Gasteiger partial charge in [0.05, 0.1) is 6.54 Å². The van der Waals surface area contributed by atoms with Gasteiger partial charge in [-0.25, -0.2) is 0 Å². The fraction of sp³-hybridized carbons (Fsp3) is 0.360. The molecule has 5 heteroatoms. The van der Waals surface area contributed by atoms with E-state index in [1.165, 1.54) is 0 Å². The van der Waals surface area contributed by atoms with Gasteiger partial charge in [-0.2, -0.15) is 0 Å². The van der Waals surface area contributed by atoms with Crippen LogP contribution >= 0.6 is 0 Å². The van der Waals surface area contributed by atoms with Gasteiger partial charge in [0.15, 0.2) is 0 Å². The van der Waals surface area contributed by atoms with Crippen LogP contribution < -0.4 is 5.32 Å². The Kier molecular flexibility index (Phi) is 4.61. The molecule has 5 rings (SSSR count). The molecule has 5 nitrogen and oxygen atoms in total. The average molecular weight is 402 g/mol. The zero-order valence-corrected chi connectivity index (χ0v) is 17.3. The molecule has 3 aromatic rings. The molecule has 30 heavy (non-hydrogen) atoms. The number of carbonyl (C=O) groups is 2. The fourth-order valence-corrected chi connectivity index (χ4v) is 4.93. The van der Waals surface area contributed by atoms with E-state index in [1.54, 1.807) is 4.90 Å². The SMILES string of the molecule is C[C@@]1(C(=O)NC2CCCC2)Cn2c(cc3ccccc32)C(=O)N1Cc1ccccc1. The molecular formula is C25H27N3O2. The van der Waals surface area contributed by atoms with Crippen LogP contribution in [0.5, 0.6) is 0 Å². The highest BCUT2D eigenvalue weighted by atomic mass is 16.2. The summed E-state index contributed by atoms with van der Waals surface area (Å²) in [7, 11) is 0. The number of carbonyl (C=O) groups excluding carboxylic acids is 2. The fourth-order valence-electron chi connectivity index (χ4n) is 4.93. The highest BCUT2D eigenvalue weighted by molar-refractivity contribution is 6.03. The molecule has 1 aliphatic carbocycles. The molecule has 154 valence electrons. The minimum Gasteiger partial charge on any atom is -0.351 e. The van der Waals surface area contributed by atoms with E-state index in [1.807, 2.05) is 72.2 Å². The maximum absolute atomic E-state index is 13.7. The summed E-state index contributed by atoms with van der Waals surface area (Å²) in [5, 5.41) is 4.28. The van der Waals surface area contributed by atoms with Crippen molar-refractivity contribution in [2.24, 2.45) is 0 Å². The first-order chi connectivity index (χ1) is 14.6. The summed E-state index contributed by atoms with van der Waals surface area (Å²) >= 11 is 0. The van der Waals surface area contributed by atoms with Crippen LogP contribution in [0.15, 0.2) is 60.7 Å². The summed E-state index contributed by atoms with van der Waals surface area (Å²) < 4.78 is 2.02. The second-order valence-corrected chi connectivity index (χ2v) is 8.78. The summed E-state index contributed by atoms with van der Waals surface area (Å²) in [6.45, 7) is 2.78. The van der Waals surface area contributed by atoms with Crippen molar-refractivity contribution in [2.45, 2.75) is 57.3 Å². The molecule has 2 heterocycles. The first-order valence-corrected chi connectivity index (χ1v) is 10.8. The van der Waals surface area contributed by atoms with E-state index in [0.29, 0.717) is 18.8 Å². The summed E-state index contributed by atoms with van der Waals surface area (Å²) in [6.07, 6.45) is 4.35. The number of nitrogens with zero attached hydrogens (tertiary/aromatic N) is 2. The van der Waals surface area contributed by atoms with E-state index in [-0.39, 0.29) is 17.9 Å². The lowest BCUT2D eigenvalue weighted by Gasteiger charge is -2.44. The quantitative estimate of drug-likeness (QED) is 0.715. The second kappa shape index (κ2) is 7.31. The molecule has 0 spiro atoms. The molecule has 1 aliphatic heterocycles. The van der Waals surface area contributed by atoms with Gasteiger partial charge >= 0.3 is 0 Å². The third kappa shape index (κ3) is 3.09. The molecule has 1 atom stereocenters. The molecule has 0 bridgehead atoms. The lowest BCUT2D eigenvalue weighted by Crippen LogP contribution is -2.64. The lowest BCUT2D eigenvalue weighted by molar-refractivity contribution is -0.133. The Labute approximate surface area is 176 Å². The number of aromatic nitrogens is 1.